The Morgan fingerprint density at radius 3 is 2.62 bits per heavy atom. The topological polar surface area (TPSA) is 64.5 Å². The van der Waals surface area contributed by atoms with Crippen molar-refractivity contribution in [1.29, 1.82) is 0 Å². The summed E-state index contributed by atoms with van der Waals surface area (Å²) in [6.45, 7) is 0. The second kappa shape index (κ2) is 8.22. The second-order valence-electron chi connectivity index (χ2n) is 8.22. The molecule has 1 saturated heterocycles. The van der Waals surface area contributed by atoms with Gasteiger partial charge in [-0.25, -0.2) is 14.4 Å². The van der Waals surface area contributed by atoms with E-state index in [0.717, 1.165) is 35.2 Å². The van der Waals surface area contributed by atoms with Gasteiger partial charge in [-0.2, -0.15) is 0 Å². The van der Waals surface area contributed by atoms with E-state index in [1.165, 1.54) is 12.1 Å². The van der Waals surface area contributed by atoms with Gasteiger partial charge in [-0.3, -0.25) is 4.79 Å². The van der Waals surface area contributed by atoms with Crippen LogP contribution in [0.25, 0.3) is 11.4 Å². The Kier molecular flexibility index (Phi) is 5.25. The minimum atomic E-state index is -0.284. The first-order valence-electron chi connectivity index (χ1n) is 10.7. The third kappa shape index (κ3) is 3.57. The minimum Gasteiger partial charge on any atom is -0.493 e. The average molecular weight is 433 g/mol. The molecular formula is C25H24FN3O3. The van der Waals surface area contributed by atoms with Gasteiger partial charge < -0.3 is 14.4 Å². The molecule has 6 nitrogen and oxygen atoms in total. The number of hydrogen-bond acceptors (Lipinski definition) is 5. The van der Waals surface area contributed by atoms with Gasteiger partial charge >= 0.3 is 0 Å². The van der Waals surface area contributed by atoms with Crippen molar-refractivity contribution < 1.29 is 18.7 Å². The van der Waals surface area contributed by atoms with Crippen LogP contribution in [0.2, 0.25) is 0 Å². The highest BCUT2D eigenvalue weighted by molar-refractivity contribution is 5.80. The van der Waals surface area contributed by atoms with E-state index in [1.54, 1.807) is 26.4 Å². The number of rotatable bonds is 5. The molecule has 0 aliphatic carbocycles. The molecule has 0 N–H and O–H groups in total. The molecule has 0 radical (unpaired) electrons. The Balaban J connectivity index is 1.38. The normalized spacial score (nSPS) is 18.9. The second-order valence-corrected chi connectivity index (χ2v) is 8.22. The van der Waals surface area contributed by atoms with Gasteiger partial charge in [-0.15, -0.1) is 0 Å². The smallest absolute Gasteiger partial charge is 0.227 e. The van der Waals surface area contributed by atoms with E-state index in [4.69, 9.17) is 14.5 Å². The fraction of sp³-hybridized carbons (Fsp3) is 0.320. The van der Waals surface area contributed by atoms with Gasteiger partial charge in [0.25, 0.3) is 0 Å². The van der Waals surface area contributed by atoms with Crippen molar-refractivity contribution in [3.8, 4) is 22.9 Å². The largest absolute Gasteiger partial charge is 0.493 e. The van der Waals surface area contributed by atoms with Crippen LogP contribution >= 0.6 is 0 Å². The number of ether oxygens (including phenoxy) is 2. The Hall–Kier alpha value is -3.48. The molecule has 32 heavy (non-hydrogen) atoms. The Labute approximate surface area is 186 Å². The molecular weight excluding hydrogens is 409 g/mol. The summed E-state index contributed by atoms with van der Waals surface area (Å²) in [6, 6.07) is 11.9. The van der Waals surface area contributed by atoms with Gasteiger partial charge in [0, 0.05) is 29.8 Å². The highest BCUT2D eigenvalue weighted by Gasteiger charge is 2.43. The Bertz CT molecular complexity index is 1170. The molecule has 5 rings (SSSR count). The number of nitrogens with zero attached hydrogens (tertiary/aromatic N) is 3. The maximum atomic E-state index is 13.3. The van der Waals surface area contributed by atoms with Crippen molar-refractivity contribution in [3.05, 3.63) is 71.3 Å². The standard InChI is InChI=1S/C25H24FN3O3/c1-31-22-10-3-15(11-23(22)32-2)12-24(30)29-18-8-9-21(29)19-14-27-25(28-20(19)13-18)16-4-6-17(26)7-5-16/h3-7,10-11,14,18,21H,8-9,12-13H2,1-2H3. The van der Waals surface area contributed by atoms with Crippen LogP contribution in [0.1, 0.15) is 35.7 Å². The minimum absolute atomic E-state index is 0.00124. The molecule has 1 fully saturated rings. The summed E-state index contributed by atoms with van der Waals surface area (Å²) >= 11 is 0. The van der Waals surface area contributed by atoms with Crippen LogP contribution in [0.5, 0.6) is 11.5 Å². The zero-order valence-corrected chi connectivity index (χ0v) is 18.0. The molecule has 2 aliphatic heterocycles. The molecule has 2 unspecified atom stereocenters. The predicted molar refractivity (Wildman–Crippen MR) is 117 cm³/mol. The average Bonchev–Trinajstić information content (AvgIpc) is 3.14. The van der Waals surface area contributed by atoms with Crippen LogP contribution in [0.15, 0.2) is 48.7 Å². The van der Waals surface area contributed by atoms with Crippen LogP contribution in [-0.4, -0.2) is 41.0 Å². The summed E-state index contributed by atoms with van der Waals surface area (Å²) in [5.41, 5.74) is 3.68. The summed E-state index contributed by atoms with van der Waals surface area (Å²) < 4.78 is 23.9. The Morgan fingerprint density at radius 2 is 1.88 bits per heavy atom. The number of methoxy groups -OCH3 is 2. The van der Waals surface area contributed by atoms with E-state index in [1.807, 2.05) is 29.3 Å². The van der Waals surface area contributed by atoms with E-state index < -0.39 is 0 Å². The van der Waals surface area contributed by atoms with E-state index >= 15 is 0 Å². The molecule has 164 valence electrons. The highest BCUT2D eigenvalue weighted by Crippen LogP contribution is 2.43. The van der Waals surface area contributed by atoms with E-state index in [-0.39, 0.29) is 23.8 Å². The van der Waals surface area contributed by atoms with Crippen LogP contribution in [0.4, 0.5) is 4.39 Å². The molecule has 1 amide bonds. The molecule has 3 aromatic rings. The summed E-state index contributed by atoms with van der Waals surface area (Å²) in [7, 11) is 3.18. The van der Waals surface area contributed by atoms with Gasteiger partial charge in [0.2, 0.25) is 5.91 Å². The van der Waals surface area contributed by atoms with Crippen molar-refractivity contribution in [2.45, 2.75) is 37.8 Å². The number of fused-ring (bicyclic) bond motifs is 4. The third-order valence-electron chi connectivity index (χ3n) is 6.38. The summed E-state index contributed by atoms with van der Waals surface area (Å²) in [4.78, 5) is 24.6. The summed E-state index contributed by atoms with van der Waals surface area (Å²) in [6.07, 6.45) is 4.71. The van der Waals surface area contributed by atoms with Crippen molar-refractivity contribution >= 4 is 5.91 Å². The monoisotopic (exact) mass is 433 g/mol. The van der Waals surface area contributed by atoms with Gasteiger partial charge in [0.15, 0.2) is 17.3 Å². The quantitative estimate of drug-likeness (QED) is 0.605. The summed E-state index contributed by atoms with van der Waals surface area (Å²) in [5.74, 6) is 1.66. The van der Waals surface area contributed by atoms with Crippen molar-refractivity contribution in [1.82, 2.24) is 14.9 Å². The molecule has 1 aromatic heterocycles. The molecule has 0 spiro atoms. The first-order chi connectivity index (χ1) is 15.6. The van der Waals surface area contributed by atoms with E-state index in [9.17, 15) is 9.18 Å². The van der Waals surface area contributed by atoms with E-state index in [0.29, 0.717) is 30.2 Å². The number of aromatic nitrogens is 2. The highest BCUT2D eigenvalue weighted by atomic mass is 19.1. The molecule has 7 heteroatoms. The lowest BCUT2D eigenvalue weighted by molar-refractivity contribution is -0.134. The molecule has 3 heterocycles. The van der Waals surface area contributed by atoms with Crippen LogP contribution in [0, 0.1) is 5.82 Å². The van der Waals surface area contributed by atoms with Crippen molar-refractivity contribution in [3.63, 3.8) is 0 Å². The number of carbonyl (C=O) groups is 1. The van der Waals surface area contributed by atoms with Crippen LogP contribution in [-0.2, 0) is 17.6 Å². The fourth-order valence-corrected chi connectivity index (χ4v) is 4.85. The Morgan fingerprint density at radius 1 is 1.09 bits per heavy atom. The fourth-order valence-electron chi connectivity index (χ4n) is 4.85. The lowest BCUT2D eigenvalue weighted by Crippen LogP contribution is -2.43. The lowest BCUT2D eigenvalue weighted by atomic mass is 9.97. The van der Waals surface area contributed by atoms with Gasteiger partial charge in [-0.05, 0) is 54.8 Å². The zero-order valence-electron chi connectivity index (χ0n) is 18.0. The lowest BCUT2D eigenvalue weighted by Gasteiger charge is -2.36. The predicted octanol–water partition coefficient (Wildman–Crippen LogP) is 4.13. The van der Waals surface area contributed by atoms with Gasteiger partial charge in [0.1, 0.15) is 5.82 Å². The molecule has 2 bridgehead atoms. The molecule has 0 saturated carbocycles. The first-order valence-corrected chi connectivity index (χ1v) is 10.7. The molecule has 2 aliphatic rings. The third-order valence-corrected chi connectivity index (χ3v) is 6.38. The molecule has 2 atom stereocenters. The summed E-state index contributed by atoms with van der Waals surface area (Å²) in [5, 5.41) is 0. The SMILES string of the molecule is COc1ccc(CC(=O)N2C3CCC2c2cnc(-c4ccc(F)cc4)nc2C3)cc1OC. The maximum absolute atomic E-state index is 13.3. The van der Waals surface area contributed by atoms with Crippen molar-refractivity contribution in [2.75, 3.05) is 14.2 Å². The van der Waals surface area contributed by atoms with Crippen LogP contribution < -0.4 is 9.47 Å². The van der Waals surface area contributed by atoms with Gasteiger partial charge in [-0.1, -0.05) is 6.07 Å². The molecule has 2 aromatic carbocycles. The first kappa shape index (κ1) is 20.4. The van der Waals surface area contributed by atoms with Crippen LogP contribution in [0.3, 0.4) is 0 Å². The number of hydrogen-bond donors (Lipinski definition) is 0. The number of amides is 1. The number of carbonyl (C=O) groups excluding carboxylic acids is 1. The van der Waals surface area contributed by atoms with Gasteiger partial charge in [0.05, 0.1) is 32.4 Å². The van der Waals surface area contributed by atoms with Crippen molar-refractivity contribution in [2.24, 2.45) is 0 Å². The number of benzene rings is 2. The zero-order chi connectivity index (χ0) is 22.2. The number of halogens is 1. The van der Waals surface area contributed by atoms with E-state index in [2.05, 4.69) is 4.98 Å². The maximum Gasteiger partial charge on any atom is 0.227 e.